The second-order valence-corrected chi connectivity index (χ2v) is 7.92. The summed E-state index contributed by atoms with van der Waals surface area (Å²) in [5.41, 5.74) is 1.22. The van der Waals surface area contributed by atoms with Crippen LogP contribution in [0, 0.1) is 11.7 Å². The third-order valence-corrected chi connectivity index (χ3v) is 5.57. The highest BCUT2D eigenvalue weighted by Gasteiger charge is 2.18. The summed E-state index contributed by atoms with van der Waals surface area (Å²) in [7, 11) is 0. The van der Waals surface area contributed by atoms with Gasteiger partial charge in [0, 0.05) is 22.9 Å². The van der Waals surface area contributed by atoms with E-state index < -0.39 is 5.82 Å². The van der Waals surface area contributed by atoms with Crippen LogP contribution < -0.4 is 5.32 Å². The van der Waals surface area contributed by atoms with E-state index in [-0.39, 0.29) is 11.5 Å². The van der Waals surface area contributed by atoms with Crippen molar-refractivity contribution in [3.63, 3.8) is 0 Å². The minimum Gasteiger partial charge on any atom is -0.298 e. The molecule has 1 fully saturated rings. The first-order valence-electron chi connectivity index (χ1n) is 7.94. The van der Waals surface area contributed by atoms with E-state index in [0.717, 1.165) is 31.2 Å². The zero-order valence-electron chi connectivity index (χ0n) is 13.4. The number of anilines is 1. The van der Waals surface area contributed by atoms with Crippen LogP contribution in [0.15, 0.2) is 28.1 Å². The van der Waals surface area contributed by atoms with E-state index in [0.29, 0.717) is 9.60 Å². The highest BCUT2D eigenvalue weighted by molar-refractivity contribution is 9.10. The molecule has 24 heavy (non-hydrogen) atoms. The van der Waals surface area contributed by atoms with Gasteiger partial charge in [0.15, 0.2) is 5.13 Å². The molecular formula is C17H19BrFN3OS. The minimum absolute atomic E-state index is 0.261. The number of carbonyl (C=O) groups is 1. The molecule has 1 aromatic heterocycles. The van der Waals surface area contributed by atoms with Crippen molar-refractivity contribution >= 4 is 38.3 Å². The van der Waals surface area contributed by atoms with Gasteiger partial charge in [-0.2, -0.15) is 0 Å². The van der Waals surface area contributed by atoms with Crippen molar-refractivity contribution < 1.29 is 9.18 Å². The summed E-state index contributed by atoms with van der Waals surface area (Å²) in [4.78, 5) is 19.2. The van der Waals surface area contributed by atoms with Gasteiger partial charge in [0.1, 0.15) is 5.82 Å². The monoisotopic (exact) mass is 411 g/mol. The van der Waals surface area contributed by atoms with Crippen molar-refractivity contribution in [1.29, 1.82) is 0 Å². The Morgan fingerprint density at radius 3 is 3.17 bits per heavy atom. The molecule has 0 aliphatic carbocycles. The van der Waals surface area contributed by atoms with Gasteiger partial charge in [0.05, 0.1) is 11.3 Å². The molecule has 1 aliphatic rings. The lowest BCUT2D eigenvalue weighted by Crippen LogP contribution is -2.33. The van der Waals surface area contributed by atoms with E-state index in [1.165, 1.54) is 42.4 Å². The number of nitrogens with zero attached hydrogens (tertiary/aromatic N) is 2. The van der Waals surface area contributed by atoms with Crippen LogP contribution in [0.3, 0.4) is 0 Å². The molecule has 0 spiro atoms. The number of piperidine rings is 1. The number of amides is 1. The molecule has 4 nitrogen and oxygen atoms in total. The summed E-state index contributed by atoms with van der Waals surface area (Å²) in [5, 5.41) is 5.25. The normalized spacial score (nSPS) is 18.5. The maximum atomic E-state index is 13.3. The van der Waals surface area contributed by atoms with Crippen molar-refractivity contribution in [3.8, 4) is 0 Å². The molecule has 1 aromatic carbocycles. The zero-order chi connectivity index (χ0) is 17.1. The summed E-state index contributed by atoms with van der Waals surface area (Å²) in [5.74, 6) is -0.0850. The van der Waals surface area contributed by atoms with Crippen LogP contribution in [0.2, 0.25) is 0 Å². The summed E-state index contributed by atoms with van der Waals surface area (Å²) in [6.45, 7) is 5.27. The van der Waals surface area contributed by atoms with Gasteiger partial charge in [-0.25, -0.2) is 9.37 Å². The lowest BCUT2D eigenvalue weighted by Gasteiger charge is -2.30. The minimum atomic E-state index is -0.442. The molecule has 1 aliphatic heterocycles. The third-order valence-electron chi connectivity index (χ3n) is 4.07. The smallest absolute Gasteiger partial charge is 0.258 e. The first kappa shape index (κ1) is 17.5. The highest BCUT2D eigenvalue weighted by Crippen LogP contribution is 2.23. The van der Waals surface area contributed by atoms with E-state index in [4.69, 9.17) is 0 Å². The Kier molecular flexibility index (Phi) is 5.63. The van der Waals surface area contributed by atoms with E-state index in [9.17, 15) is 9.18 Å². The second-order valence-electron chi connectivity index (χ2n) is 6.20. The molecule has 7 heteroatoms. The molecule has 3 rings (SSSR count). The number of nitrogens with one attached hydrogen (secondary N) is 1. The van der Waals surface area contributed by atoms with Gasteiger partial charge in [-0.15, -0.1) is 11.3 Å². The van der Waals surface area contributed by atoms with E-state index in [2.05, 4.69) is 38.1 Å². The Hall–Kier alpha value is -1.31. The van der Waals surface area contributed by atoms with Crippen LogP contribution >= 0.6 is 27.3 Å². The molecule has 128 valence electrons. The van der Waals surface area contributed by atoms with Crippen molar-refractivity contribution in [1.82, 2.24) is 9.88 Å². The van der Waals surface area contributed by atoms with Crippen LogP contribution in [0.4, 0.5) is 9.52 Å². The standard InChI is InChI=1S/C17H19BrFN3OS/c1-11-3-2-6-22(8-11)9-13-10-24-17(20-13)21-16(23)14-7-12(19)4-5-15(14)18/h4-5,7,10-11H,2-3,6,8-9H2,1H3,(H,20,21,23). The van der Waals surface area contributed by atoms with Gasteiger partial charge in [0.25, 0.3) is 5.91 Å². The van der Waals surface area contributed by atoms with Gasteiger partial charge < -0.3 is 0 Å². The number of hydrogen-bond donors (Lipinski definition) is 1. The van der Waals surface area contributed by atoms with Gasteiger partial charge in [-0.05, 0) is 59.4 Å². The molecule has 1 amide bonds. The van der Waals surface area contributed by atoms with Crippen molar-refractivity contribution in [2.45, 2.75) is 26.3 Å². The molecule has 2 heterocycles. The lowest BCUT2D eigenvalue weighted by molar-refractivity contribution is 0.102. The summed E-state index contributed by atoms with van der Waals surface area (Å²) < 4.78 is 13.9. The fourth-order valence-electron chi connectivity index (χ4n) is 2.93. The maximum absolute atomic E-state index is 13.3. The topological polar surface area (TPSA) is 45.2 Å². The number of aromatic nitrogens is 1. The van der Waals surface area contributed by atoms with Gasteiger partial charge in [0.2, 0.25) is 0 Å². The van der Waals surface area contributed by atoms with Crippen LogP contribution in [-0.4, -0.2) is 28.9 Å². The molecule has 0 radical (unpaired) electrons. The average molecular weight is 412 g/mol. The van der Waals surface area contributed by atoms with Crippen LogP contribution in [0.1, 0.15) is 35.8 Å². The Balaban J connectivity index is 1.63. The van der Waals surface area contributed by atoms with E-state index >= 15 is 0 Å². The molecule has 2 aromatic rings. The number of hydrogen-bond acceptors (Lipinski definition) is 4. The van der Waals surface area contributed by atoms with E-state index in [1.54, 1.807) is 0 Å². The fourth-order valence-corrected chi connectivity index (χ4v) is 4.06. The second kappa shape index (κ2) is 7.72. The predicted octanol–water partition coefficient (Wildman–Crippen LogP) is 4.53. The molecular weight excluding hydrogens is 393 g/mol. The molecule has 0 bridgehead atoms. The number of rotatable bonds is 4. The number of carbonyl (C=O) groups excluding carboxylic acids is 1. The van der Waals surface area contributed by atoms with Gasteiger partial charge in [-0.3, -0.25) is 15.0 Å². The van der Waals surface area contributed by atoms with Gasteiger partial charge >= 0.3 is 0 Å². The van der Waals surface area contributed by atoms with Crippen LogP contribution in [-0.2, 0) is 6.54 Å². The molecule has 1 unspecified atom stereocenters. The van der Waals surface area contributed by atoms with Crippen molar-refractivity contribution in [2.75, 3.05) is 18.4 Å². The average Bonchev–Trinajstić information content (AvgIpc) is 2.96. The van der Waals surface area contributed by atoms with Crippen LogP contribution in [0.5, 0.6) is 0 Å². The summed E-state index contributed by atoms with van der Waals surface area (Å²) in [6, 6.07) is 4.04. The molecule has 1 saturated heterocycles. The lowest BCUT2D eigenvalue weighted by atomic mass is 10.0. The predicted molar refractivity (Wildman–Crippen MR) is 97.8 cm³/mol. The maximum Gasteiger partial charge on any atom is 0.258 e. The third kappa shape index (κ3) is 4.40. The highest BCUT2D eigenvalue weighted by atomic mass is 79.9. The van der Waals surface area contributed by atoms with Crippen LogP contribution in [0.25, 0.3) is 0 Å². The summed E-state index contributed by atoms with van der Waals surface area (Å²) >= 11 is 4.66. The Bertz CT molecular complexity index is 736. The largest absolute Gasteiger partial charge is 0.298 e. The number of thiazole rings is 1. The van der Waals surface area contributed by atoms with Crippen molar-refractivity contribution in [3.05, 3.63) is 45.1 Å². The SMILES string of the molecule is CC1CCCN(Cc2csc(NC(=O)c3cc(F)ccc3Br)n2)C1. The number of benzene rings is 1. The zero-order valence-corrected chi connectivity index (χ0v) is 15.8. The summed E-state index contributed by atoms with van der Waals surface area (Å²) in [6.07, 6.45) is 2.51. The number of likely N-dealkylation sites (tertiary alicyclic amines) is 1. The Labute approximate surface area is 153 Å². The Morgan fingerprint density at radius 1 is 1.54 bits per heavy atom. The molecule has 0 saturated carbocycles. The fraction of sp³-hybridized carbons (Fsp3) is 0.412. The van der Waals surface area contributed by atoms with Gasteiger partial charge in [-0.1, -0.05) is 6.92 Å². The van der Waals surface area contributed by atoms with E-state index in [1.807, 2.05) is 5.38 Å². The number of halogens is 2. The van der Waals surface area contributed by atoms with Crippen molar-refractivity contribution in [2.24, 2.45) is 5.92 Å². The first-order chi connectivity index (χ1) is 11.5. The molecule has 1 atom stereocenters. The Morgan fingerprint density at radius 2 is 2.38 bits per heavy atom. The first-order valence-corrected chi connectivity index (χ1v) is 9.61. The quantitative estimate of drug-likeness (QED) is 0.803. The molecule has 1 N–H and O–H groups in total.